The number of allylic oxidation sites excluding steroid dienone is 4. The molecule has 0 bridgehead atoms. The van der Waals surface area contributed by atoms with Crippen LogP contribution in [0.1, 0.15) is 32.6 Å². The van der Waals surface area contributed by atoms with Gasteiger partial charge in [0.25, 0.3) is 0 Å². The molecule has 1 nitrogen and oxygen atoms in total. The molecule has 2 rings (SSSR count). The molecule has 0 aromatic carbocycles. The SMILES string of the molecule is CC1=CC(C2=CCC(N)C=C2)CCC1. The maximum atomic E-state index is 5.81. The summed E-state index contributed by atoms with van der Waals surface area (Å²) in [5, 5.41) is 0. The van der Waals surface area contributed by atoms with Crippen LogP contribution in [0.3, 0.4) is 0 Å². The van der Waals surface area contributed by atoms with Crippen molar-refractivity contribution in [2.75, 3.05) is 0 Å². The van der Waals surface area contributed by atoms with Crippen molar-refractivity contribution in [2.45, 2.75) is 38.6 Å². The van der Waals surface area contributed by atoms with Crippen LogP contribution in [0.5, 0.6) is 0 Å². The molecule has 0 heterocycles. The molecule has 0 fully saturated rings. The van der Waals surface area contributed by atoms with Crippen LogP contribution in [0.15, 0.2) is 35.5 Å². The van der Waals surface area contributed by atoms with E-state index in [1.54, 1.807) is 5.57 Å². The second-order valence-corrected chi connectivity index (χ2v) is 4.47. The molecule has 0 saturated heterocycles. The van der Waals surface area contributed by atoms with E-state index in [1.807, 2.05) is 0 Å². The Bertz CT molecular complexity index is 296. The fourth-order valence-electron chi connectivity index (χ4n) is 2.30. The van der Waals surface area contributed by atoms with Crippen molar-refractivity contribution in [3.05, 3.63) is 35.5 Å². The highest BCUT2D eigenvalue weighted by molar-refractivity contribution is 5.31. The second kappa shape index (κ2) is 4.14. The van der Waals surface area contributed by atoms with Crippen molar-refractivity contribution in [1.29, 1.82) is 0 Å². The van der Waals surface area contributed by atoms with E-state index in [4.69, 9.17) is 5.73 Å². The summed E-state index contributed by atoms with van der Waals surface area (Å²) >= 11 is 0. The molecule has 2 unspecified atom stereocenters. The Morgan fingerprint density at radius 1 is 1.43 bits per heavy atom. The zero-order chi connectivity index (χ0) is 9.97. The first-order valence-corrected chi connectivity index (χ1v) is 5.57. The predicted molar refractivity (Wildman–Crippen MR) is 60.9 cm³/mol. The Morgan fingerprint density at radius 2 is 2.29 bits per heavy atom. The highest BCUT2D eigenvalue weighted by atomic mass is 14.6. The average molecular weight is 189 g/mol. The van der Waals surface area contributed by atoms with Gasteiger partial charge in [0.2, 0.25) is 0 Å². The highest BCUT2D eigenvalue weighted by Crippen LogP contribution is 2.30. The molecule has 2 aliphatic carbocycles. The Labute approximate surface area is 86.4 Å². The number of nitrogens with two attached hydrogens (primary N) is 1. The molecule has 0 radical (unpaired) electrons. The monoisotopic (exact) mass is 189 g/mol. The smallest absolute Gasteiger partial charge is 0.0262 e. The van der Waals surface area contributed by atoms with E-state index in [1.165, 1.54) is 24.8 Å². The zero-order valence-electron chi connectivity index (χ0n) is 8.87. The highest BCUT2D eigenvalue weighted by Gasteiger charge is 2.16. The lowest BCUT2D eigenvalue weighted by Gasteiger charge is -2.23. The first-order chi connectivity index (χ1) is 6.75. The molecule has 14 heavy (non-hydrogen) atoms. The molecule has 2 N–H and O–H groups in total. The topological polar surface area (TPSA) is 26.0 Å². The van der Waals surface area contributed by atoms with E-state index in [-0.39, 0.29) is 6.04 Å². The standard InChI is InChI=1S/C13H19N/c1-10-3-2-4-12(9-10)11-5-7-13(14)8-6-11/h5-7,9,12-13H,2-4,8,14H2,1H3. The van der Waals surface area contributed by atoms with Crippen molar-refractivity contribution >= 4 is 0 Å². The molecule has 0 spiro atoms. The zero-order valence-corrected chi connectivity index (χ0v) is 8.87. The van der Waals surface area contributed by atoms with Gasteiger partial charge < -0.3 is 5.73 Å². The summed E-state index contributed by atoms with van der Waals surface area (Å²) in [6.07, 6.45) is 14.0. The first-order valence-electron chi connectivity index (χ1n) is 5.57. The molecule has 0 amide bonds. The van der Waals surface area contributed by atoms with Crippen molar-refractivity contribution in [3.63, 3.8) is 0 Å². The van der Waals surface area contributed by atoms with Crippen LogP contribution in [0.2, 0.25) is 0 Å². The molecule has 76 valence electrons. The largest absolute Gasteiger partial charge is 0.324 e. The van der Waals surface area contributed by atoms with Crippen LogP contribution < -0.4 is 5.73 Å². The summed E-state index contributed by atoms with van der Waals surface area (Å²) < 4.78 is 0. The quantitative estimate of drug-likeness (QED) is 0.631. The minimum Gasteiger partial charge on any atom is -0.324 e. The predicted octanol–water partition coefficient (Wildman–Crippen LogP) is 2.95. The fourth-order valence-corrected chi connectivity index (χ4v) is 2.30. The summed E-state index contributed by atoms with van der Waals surface area (Å²) in [4.78, 5) is 0. The Hall–Kier alpha value is -0.820. The molecule has 0 saturated carbocycles. The van der Waals surface area contributed by atoms with Crippen LogP contribution in [0.25, 0.3) is 0 Å². The van der Waals surface area contributed by atoms with E-state index < -0.39 is 0 Å². The van der Waals surface area contributed by atoms with E-state index in [0.29, 0.717) is 5.92 Å². The average Bonchev–Trinajstić information content (AvgIpc) is 2.19. The van der Waals surface area contributed by atoms with Crippen LogP contribution in [0.4, 0.5) is 0 Å². The summed E-state index contributed by atoms with van der Waals surface area (Å²) in [5.74, 6) is 0.660. The molecular formula is C13H19N. The van der Waals surface area contributed by atoms with E-state index >= 15 is 0 Å². The lowest BCUT2D eigenvalue weighted by atomic mass is 9.83. The van der Waals surface area contributed by atoms with Crippen molar-refractivity contribution < 1.29 is 0 Å². The van der Waals surface area contributed by atoms with Crippen LogP contribution in [-0.4, -0.2) is 6.04 Å². The summed E-state index contributed by atoms with van der Waals surface area (Å²) in [5.41, 5.74) is 8.83. The van der Waals surface area contributed by atoms with Gasteiger partial charge in [0.05, 0.1) is 0 Å². The Balaban J connectivity index is 2.09. The summed E-state index contributed by atoms with van der Waals surface area (Å²) in [7, 11) is 0. The number of hydrogen-bond acceptors (Lipinski definition) is 1. The maximum Gasteiger partial charge on any atom is 0.0262 e. The van der Waals surface area contributed by atoms with Gasteiger partial charge in [-0.25, -0.2) is 0 Å². The van der Waals surface area contributed by atoms with Gasteiger partial charge in [-0.1, -0.05) is 29.9 Å². The summed E-state index contributed by atoms with van der Waals surface area (Å²) in [6, 6.07) is 0.243. The van der Waals surface area contributed by atoms with Crippen LogP contribution in [-0.2, 0) is 0 Å². The van der Waals surface area contributed by atoms with Crippen LogP contribution >= 0.6 is 0 Å². The minimum absolute atomic E-state index is 0.243. The van der Waals surface area contributed by atoms with Crippen LogP contribution in [0, 0.1) is 5.92 Å². The van der Waals surface area contributed by atoms with Gasteiger partial charge in [-0.05, 0) is 38.2 Å². The van der Waals surface area contributed by atoms with Crippen molar-refractivity contribution in [3.8, 4) is 0 Å². The van der Waals surface area contributed by atoms with Gasteiger partial charge in [0.1, 0.15) is 0 Å². The lowest BCUT2D eigenvalue weighted by Crippen LogP contribution is -2.19. The van der Waals surface area contributed by atoms with Crippen molar-refractivity contribution in [1.82, 2.24) is 0 Å². The minimum atomic E-state index is 0.243. The third-order valence-electron chi connectivity index (χ3n) is 3.16. The Morgan fingerprint density at radius 3 is 2.93 bits per heavy atom. The molecular weight excluding hydrogens is 170 g/mol. The molecule has 1 heteroatoms. The maximum absolute atomic E-state index is 5.81. The normalized spacial score (nSPS) is 32.4. The van der Waals surface area contributed by atoms with E-state index in [0.717, 1.165) is 6.42 Å². The number of hydrogen-bond donors (Lipinski definition) is 1. The van der Waals surface area contributed by atoms with Gasteiger partial charge >= 0.3 is 0 Å². The molecule has 0 aromatic rings. The Kier molecular flexibility index (Phi) is 2.87. The van der Waals surface area contributed by atoms with Gasteiger partial charge in [-0.15, -0.1) is 0 Å². The lowest BCUT2D eigenvalue weighted by molar-refractivity contribution is 0.590. The molecule has 2 atom stereocenters. The van der Waals surface area contributed by atoms with E-state index in [9.17, 15) is 0 Å². The molecule has 0 aliphatic heterocycles. The third kappa shape index (κ3) is 2.16. The fraction of sp³-hybridized carbons (Fsp3) is 0.538. The number of rotatable bonds is 1. The van der Waals surface area contributed by atoms with Crippen molar-refractivity contribution in [2.24, 2.45) is 11.7 Å². The second-order valence-electron chi connectivity index (χ2n) is 4.47. The molecule has 2 aliphatic rings. The first kappa shape index (κ1) is 9.72. The van der Waals surface area contributed by atoms with Gasteiger partial charge in [0.15, 0.2) is 0 Å². The summed E-state index contributed by atoms with van der Waals surface area (Å²) in [6.45, 7) is 2.24. The van der Waals surface area contributed by atoms with Gasteiger partial charge in [0, 0.05) is 12.0 Å². The van der Waals surface area contributed by atoms with Gasteiger partial charge in [-0.3, -0.25) is 0 Å². The van der Waals surface area contributed by atoms with Gasteiger partial charge in [-0.2, -0.15) is 0 Å². The third-order valence-corrected chi connectivity index (χ3v) is 3.16. The van der Waals surface area contributed by atoms with E-state index in [2.05, 4.69) is 31.2 Å². The molecule has 0 aromatic heterocycles.